The molecule has 4 rings (SSSR count). The van der Waals surface area contributed by atoms with Gasteiger partial charge in [-0.25, -0.2) is 9.18 Å². The van der Waals surface area contributed by atoms with Crippen LogP contribution in [0.3, 0.4) is 0 Å². The van der Waals surface area contributed by atoms with Crippen LogP contribution in [0, 0.1) is 18.7 Å². The van der Waals surface area contributed by atoms with Crippen molar-refractivity contribution in [1.29, 1.82) is 0 Å². The Balaban J connectivity index is 1.75. The Morgan fingerprint density at radius 2 is 1.93 bits per heavy atom. The number of ether oxygens (including phenoxy) is 1. The number of nitrogens with zero attached hydrogens (tertiary/aromatic N) is 3. The van der Waals surface area contributed by atoms with Gasteiger partial charge in [0.25, 0.3) is 0 Å². The third kappa shape index (κ3) is 6.76. The first-order valence-electron chi connectivity index (χ1n) is 14.0. The van der Waals surface area contributed by atoms with Crippen molar-refractivity contribution in [2.24, 2.45) is 10.9 Å². The fraction of sp³-hybridized carbons (Fsp3) is 0.500. The van der Waals surface area contributed by atoms with Crippen molar-refractivity contribution >= 4 is 11.9 Å². The lowest BCUT2D eigenvalue weighted by atomic mass is 9.85. The molecule has 41 heavy (non-hydrogen) atoms. The molecule has 1 amide bonds. The molecule has 0 spiro atoms. The maximum Gasteiger partial charge on any atom is 0.418 e. The number of aliphatic imine (C=N–C) groups is 1. The van der Waals surface area contributed by atoms with E-state index in [1.54, 1.807) is 24.8 Å². The molecule has 0 unspecified atom stereocenters. The van der Waals surface area contributed by atoms with Crippen LogP contribution < -0.4 is 0 Å². The Morgan fingerprint density at radius 1 is 1.24 bits per heavy atom. The van der Waals surface area contributed by atoms with Crippen LogP contribution in [-0.4, -0.2) is 53.1 Å². The van der Waals surface area contributed by atoms with Crippen molar-refractivity contribution in [3.05, 3.63) is 81.9 Å². The van der Waals surface area contributed by atoms with Crippen molar-refractivity contribution in [2.45, 2.75) is 84.7 Å². The van der Waals surface area contributed by atoms with E-state index in [2.05, 4.69) is 11.6 Å². The van der Waals surface area contributed by atoms with Gasteiger partial charge in [0.05, 0.1) is 5.57 Å². The second-order valence-corrected chi connectivity index (χ2v) is 11.8. The van der Waals surface area contributed by atoms with Gasteiger partial charge < -0.3 is 14.5 Å². The summed E-state index contributed by atoms with van der Waals surface area (Å²) in [6.07, 6.45) is 0.706. The smallest absolute Gasteiger partial charge is 0.418 e. The highest BCUT2D eigenvalue weighted by atomic mass is 19.4. The average molecular weight is 574 g/mol. The van der Waals surface area contributed by atoms with Crippen LogP contribution in [0.5, 0.6) is 0 Å². The van der Waals surface area contributed by atoms with Gasteiger partial charge in [0.2, 0.25) is 0 Å². The molecule has 2 heterocycles. The normalized spacial score (nSPS) is 26.1. The zero-order valence-corrected chi connectivity index (χ0v) is 24.7. The van der Waals surface area contributed by atoms with Crippen LogP contribution in [0.4, 0.5) is 22.4 Å². The highest BCUT2D eigenvalue weighted by Crippen LogP contribution is 2.44. The number of carbonyl (C=O) groups is 1. The van der Waals surface area contributed by atoms with E-state index in [4.69, 9.17) is 4.74 Å². The molecule has 1 fully saturated rings. The number of halogens is 4. The fourth-order valence-electron chi connectivity index (χ4n) is 5.51. The first-order chi connectivity index (χ1) is 19.1. The van der Waals surface area contributed by atoms with Crippen molar-refractivity contribution in [3.63, 3.8) is 0 Å². The zero-order valence-electron chi connectivity index (χ0n) is 24.7. The second-order valence-electron chi connectivity index (χ2n) is 11.8. The Morgan fingerprint density at radius 3 is 2.51 bits per heavy atom. The van der Waals surface area contributed by atoms with Crippen LogP contribution in [0.25, 0.3) is 0 Å². The van der Waals surface area contributed by atoms with Crippen molar-refractivity contribution in [1.82, 2.24) is 9.80 Å². The standard InChI is InChI=1S/C32H39F4N3O2/c1-19(2)27(23-10-9-22(5)39(16-20(3)14-23)30(40)41-31(6)12-13-31)28-26(32(34,35)36)18-38(29(28)37-7)17-24-15-25(33)11-8-21(24)4/h8,11,14-15,18,20,22H,1,9-10,12-13,16-17H2,2-7H3/b23-14-,28-27+,37-29+/t20-,22-/m1/s1. The van der Waals surface area contributed by atoms with E-state index in [0.717, 1.165) is 30.2 Å². The molecular weight excluding hydrogens is 534 g/mol. The molecule has 1 aromatic rings. The molecule has 0 aromatic heterocycles. The van der Waals surface area contributed by atoms with Gasteiger partial charge in [-0.3, -0.25) is 4.99 Å². The maximum atomic E-state index is 14.6. The zero-order chi connectivity index (χ0) is 30.3. The van der Waals surface area contributed by atoms with Gasteiger partial charge in [-0.2, -0.15) is 13.2 Å². The van der Waals surface area contributed by atoms with Gasteiger partial charge in [-0.15, -0.1) is 0 Å². The number of hydrogen-bond donors (Lipinski definition) is 0. The quantitative estimate of drug-likeness (QED) is 0.335. The lowest BCUT2D eigenvalue weighted by Crippen LogP contribution is -2.43. The molecule has 9 heteroatoms. The van der Waals surface area contributed by atoms with Crippen molar-refractivity contribution < 1.29 is 27.1 Å². The van der Waals surface area contributed by atoms with E-state index in [9.17, 15) is 22.4 Å². The molecule has 222 valence electrons. The average Bonchev–Trinajstić information content (AvgIpc) is 3.47. The number of benzene rings is 1. The van der Waals surface area contributed by atoms with Crippen LogP contribution in [0.15, 0.2) is 69.9 Å². The van der Waals surface area contributed by atoms with Gasteiger partial charge in [0, 0.05) is 38.0 Å². The number of amidine groups is 1. The summed E-state index contributed by atoms with van der Waals surface area (Å²) >= 11 is 0. The first-order valence-corrected chi connectivity index (χ1v) is 14.0. The van der Waals surface area contributed by atoms with Crippen LogP contribution in [0.1, 0.15) is 64.5 Å². The van der Waals surface area contributed by atoms with Crippen molar-refractivity contribution in [2.75, 3.05) is 13.6 Å². The summed E-state index contributed by atoms with van der Waals surface area (Å²) in [7, 11) is 1.46. The van der Waals surface area contributed by atoms with Gasteiger partial charge >= 0.3 is 12.3 Å². The minimum atomic E-state index is -4.65. The summed E-state index contributed by atoms with van der Waals surface area (Å²) in [5, 5.41) is 0. The number of carbonyl (C=O) groups excluding carboxylic acids is 1. The molecule has 0 saturated heterocycles. The van der Waals surface area contributed by atoms with Gasteiger partial charge in [-0.05, 0) is 93.7 Å². The summed E-state index contributed by atoms with van der Waals surface area (Å²) < 4.78 is 63.5. The summed E-state index contributed by atoms with van der Waals surface area (Å²) in [5.74, 6) is -0.439. The number of allylic oxidation sites excluding steroid dienone is 3. The predicted octanol–water partition coefficient (Wildman–Crippen LogP) is 8.03. The molecule has 0 bridgehead atoms. The lowest BCUT2D eigenvalue weighted by Gasteiger charge is -2.34. The van der Waals surface area contributed by atoms with E-state index in [-0.39, 0.29) is 36.0 Å². The molecule has 1 aromatic carbocycles. The van der Waals surface area contributed by atoms with Gasteiger partial charge in [-0.1, -0.05) is 31.2 Å². The molecule has 5 nitrogen and oxygen atoms in total. The molecule has 2 atom stereocenters. The number of aryl methyl sites for hydroxylation is 1. The fourth-order valence-corrected chi connectivity index (χ4v) is 5.51. The SMILES string of the molecule is C=C(C)C(/C1=C\[C@@H](C)CN(C(=O)OC2(C)CC2)[C@H](C)CC1)=C1/C(C(F)(F)F)=CN(Cc2cc(F)ccc2C)/C1=N/C. The number of alkyl halides is 3. The van der Waals surface area contributed by atoms with E-state index < -0.39 is 23.2 Å². The Labute approximate surface area is 239 Å². The van der Waals surface area contributed by atoms with Crippen LogP contribution in [-0.2, 0) is 11.3 Å². The summed E-state index contributed by atoms with van der Waals surface area (Å²) in [6.45, 7) is 13.8. The third-order valence-corrected chi connectivity index (χ3v) is 8.07. The highest BCUT2D eigenvalue weighted by Gasteiger charge is 2.45. The summed E-state index contributed by atoms with van der Waals surface area (Å²) in [5.41, 5.74) is 1.76. The number of rotatable bonds is 5. The monoisotopic (exact) mass is 573 g/mol. The minimum Gasteiger partial charge on any atom is -0.443 e. The summed E-state index contributed by atoms with van der Waals surface area (Å²) in [6, 6.07) is 4.11. The molecule has 1 aliphatic carbocycles. The lowest BCUT2D eigenvalue weighted by molar-refractivity contribution is -0.0889. The van der Waals surface area contributed by atoms with E-state index >= 15 is 0 Å². The largest absolute Gasteiger partial charge is 0.443 e. The molecule has 2 aliphatic heterocycles. The first kappa shape index (κ1) is 30.6. The Hall–Kier alpha value is -3.36. The maximum absolute atomic E-state index is 14.6. The van der Waals surface area contributed by atoms with Gasteiger partial charge in [0.15, 0.2) is 0 Å². The van der Waals surface area contributed by atoms with Gasteiger partial charge in [0.1, 0.15) is 17.3 Å². The van der Waals surface area contributed by atoms with E-state index in [0.29, 0.717) is 36.1 Å². The van der Waals surface area contributed by atoms with E-state index in [1.165, 1.54) is 24.1 Å². The van der Waals surface area contributed by atoms with Crippen LogP contribution in [0.2, 0.25) is 0 Å². The molecular formula is C32H39F4N3O2. The molecule has 3 aliphatic rings. The number of amides is 1. The minimum absolute atomic E-state index is 0.0221. The third-order valence-electron chi connectivity index (χ3n) is 8.07. The molecule has 0 N–H and O–H groups in total. The second kappa shape index (κ2) is 11.5. The molecule has 0 radical (unpaired) electrons. The Kier molecular flexibility index (Phi) is 8.58. The highest BCUT2D eigenvalue weighted by molar-refractivity contribution is 6.07. The Bertz CT molecular complexity index is 1350. The van der Waals surface area contributed by atoms with Crippen LogP contribution >= 0.6 is 0 Å². The topological polar surface area (TPSA) is 45.1 Å². The van der Waals surface area contributed by atoms with E-state index in [1.807, 2.05) is 26.8 Å². The predicted molar refractivity (Wildman–Crippen MR) is 153 cm³/mol. The molecule has 1 saturated carbocycles. The number of hydrogen-bond acceptors (Lipinski definition) is 3. The van der Waals surface area contributed by atoms with Crippen molar-refractivity contribution in [3.8, 4) is 0 Å². The summed E-state index contributed by atoms with van der Waals surface area (Å²) in [4.78, 5) is 20.4.